The average Bonchev–Trinajstić information content (AvgIpc) is 2.79. The minimum absolute atomic E-state index is 0.153. The van der Waals surface area contributed by atoms with Crippen molar-refractivity contribution in [2.45, 2.75) is 28.0 Å². The molecule has 0 fully saturated rings. The van der Waals surface area contributed by atoms with Crippen molar-refractivity contribution in [2.24, 2.45) is 0 Å². The van der Waals surface area contributed by atoms with Crippen LogP contribution in [0.15, 0.2) is 81.4 Å². The van der Waals surface area contributed by atoms with Crippen LogP contribution in [0.4, 0.5) is 5.69 Å². The fraction of sp³-hybridized carbons (Fsp3) is 0.208. The maximum Gasteiger partial charge on any atom is 0.225 e. The van der Waals surface area contributed by atoms with Gasteiger partial charge in [0.1, 0.15) is 13.2 Å². The van der Waals surface area contributed by atoms with E-state index in [1.54, 1.807) is 30.3 Å². The largest absolute Gasteiger partial charge is 0.486 e. The van der Waals surface area contributed by atoms with Gasteiger partial charge >= 0.3 is 0 Å². The second-order valence-electron chi connectivity index (χ2n) is 7.34. The molecule has 6 nitrogen and oxygen atoms in total. The Morgan fingerprint density at radius 3 is 2.31 bits per heavy atom. The third-order valence-electron chi connectivity index (χ3n) is 4.87. The Kier molecular flexibility index (Phi) is 6.72. The summed E-state index contributed by atoms with van der Waals surface area (Å²) < 4.78 is 36.5. The molecule has 3 aromatic rings. The van der Waals surface area contributed by atoms with Gasteiger partial charge < -0.3 is 14.8 Å². The lowest BCUT2D eigenvalue weighted by Crippen LogP contribution is -2.19. The van der Waals surface area contributed by atoms with E-state index in [9.17, 15) is 13.2 Å². The van der Waals surface area contributed by atoms with Gasteiger partial charge in [-0.25, -0.2) is 8.42 Å². The first-order valence-electron chi connectivity index (χ1n) is 10.2. The Balaban J connectivity index is 1.50. The summed E-state index contributed by atoms with van der Waals surface area (Å²) in [5.41, 5.74) is 1.53. The molecule has 0 saturated carbocycles. The third-order valence-corrected chi connectivity index (χ3v) is 7.66. The topological polar surface area (TPSA) is 81.7 Å². The smallest absolute Gasteiger partial charge is 0.225 e. The SMILES string of the molecule is Cc1ccc(S(=O)(=O)CCC(=O)Nc2cc3c(cc2Sc2ccccc2)OCCO3)cc1. The number of hydrogen-bond donors (Lipinski definition) is 1. The predicted octanol–water partition coefficient (Wildman–Crippen LogP) is 4.72. The van der Waals surface area contributed by atoms with E-state index in [0.717, 1.165) is 15.4 Å². The highest BCUT2D eigenvalue weighted by Gasteiger charge is 2.20. The molecule has 32 heavy (non-hydrogen) atoms. The van der Waals surface area contributed by atoms with E-state index < -0.39 is 9.84 Å². The first-order valence-corrected chi connectivity index (χ1v) is 12.6. The standard InChI is InChI=1S/C24H23NO5S2/c1-17-7-9-19(10-8-17)32(27,28)14-11-24(26)25-20-15-21-22(30-13-12-29-21)16-23(20)31-18-5-3-2-4-6-18/h2-10,15-16H,11-14H2,1H3,(H,25,26). The van der Waals surface area contributed by atoms with Crippen LogP contribution >= 0.6 is 11.8 Å². The summed E-state index contributed by atoms with van der Waals surface area (Å²) in [4.78, 5) is 14.7. The zero-order valence-electron chi connectivity index (χ0n) is 17.5. The molecule has 0 unspecified atom stereocenters. The van der Waals surface area contributed by atoms with Crippen molar-refractivity contribution in [1.29, 1.82) is 0 Å². The highest BCUT2D eigenvalue weighted by Crippen LogP contribution is 2.42. The van der Waals surface area contributed by atoms with Crippen LogP contribution in [0.25, 0.3) is 0 Å². The molecule has 0 bridgehead atoms. The van der Waals surface area contributed by atoms with E-state index in [0.29, 0.717) is 30.4 Å². The van der Waals surface area contributed by atoms with Crippen LogP contribution in [0.3, 0.4) is 0 Å². The van der Waals surface area contributed by atoms with Crippen LogP contribution in [0.2, 0.25) is 0 Å². The molecule has 0 spiro atoms. The van der Waals surface area contributed by atoms with E-state index >= 15 is 0 Å². The molecule has 0 saturated heterocycles. The normalized spacial score (nSPS) is 12.9. The number of ether oxygens (including phenoxy) is 2. The molecule has 1 aliphatic rings. The number of carbonyl (C=O) groups is 1. The van der Waals surface area contributed by atoms with E-state index in [1.807, 2.05) is 43.3 Å². The number of anilines is 1. The van der Waals surface area contributed by atoms with E-state index in [-0.39, 0.29) is 23.0 Å². The van der Waals surface area contributed by atoms with Gasteiger partial charge in [0.05, 0.1) is 16.3 Å². The summed E-state index contributed by atoms with van der Waals surface area (Å²) in [6.45, 7) is 2.79. The third kappa shape index (κ3) is 5.44. The average molecular weight is 470 g/mol. The number of benzene rings is 3. The molecule has 0 aliphatic carbocycles. The van der Waals surface area contributed by atoms with Crippen LogP contribution < -0.4 is 14.8 Å². The molecule has 1 N–H and O–H groups in total. The monoisotopic (exact) mass is 469 g/mol. The Morgan fingerprint density at radius 2 is 1.62 bits per heavy atom. The van der Waals surface area contributed by atoms with Crippen molar-refractivity contribution in [2.75, 3.05) is 24.3 Å². The van der Waals surface area contributed by atoms with Crippen molar-refractivity contribution in [3.8, 4) is 11.5 Å². The van der Waals surface area contributed by atoms with Gasteiger partial charge in [-0.15, -0.1) is 0 Å². The van der Waals surface area contributed by atoms with Crippen molar-refractivity contribution in [3.05, 3.63) is 72.3 Å². The maximum absolute atomic E-state index is 12.7. The van der Waals surface area contributed by atoms with Gasteiger partial charge in [-0.05, 0) is 31.2 Å². The number of carbonyl (C=O) groups excluding carboxylic acids is 1. The molecule has 0 radical (unpaired) electrons. The number of rotatable bonds is 7. The van der Waals surface area contributed by atoms with Crippen LogP contribution in [-0.4, -0.2) is 33.3 Å². The number of hydrogen-bond acceptors (Lipinski definition) is 6. The van der Waals surface area contributed by atoms with E-state index in [2.05, 4.69) is 5.32 Å². The predicted molar refractivity (Wildman–Crippen MR) is 124 cm³/mol. The molecule has 0 atom stereocenters. The molecule has 0 aromatic heterocycles. The molecule has 1 amide bonds. The highest BCUT2D eigenvalue weighted by molar-refractivity contribution is 7.99. The Morgan fingerprint density at radius 1 is 0.969 bits per heavy atom. The summed E-state index contributed by atoms with van der Waals surface area (Å²) in [6, 6.07) is 20.0. The summed E-state index contributed by atoms with van der Waals surface area (Å²) in [7, 11) is -3.55. The Hall–Kier alpha value is -2.97. The Bertz CT molecular complexity index is 1210. The van der Waals surface area contributed by atoms with Crippen LogP contribution in [0, 0.1) is 6.92 Å². The first kappa shape index (κ1) is 22.2. The lowest BCUT2D eigenvalue weighted by atomic mass is 10.2. The van der Waals surface area contributed by atoms with Crippen LogP contribution in [0.5, 0.6) is 11.5 Å². The van der Waals surface area contributed by atoms with Gasteiger partial charge in [0.2, 0.25) is 5.91 Å². The molecular formula is C24H23NO5S2. The minimum Gasteiger partial charge on any atom is -0.486 e. The van der Waals surface area contributed by atoms with Crippen molar-refractivity contribution < 1.29 is 22.7 Å². The van der Waals surface area contributed by atoms with Crippen molar-refractivity contribution in [3.63, 3.8) is 0 Å². The molecule has 1 aliphatic heterocycles. The van der Waals surface area contributed by atoms with Gasteiger partial charge in [0.15, 0.2) is 21.3 Å². The fourth-order valence-electron chi connectivity index (χ4n) is 3.17. The first-order chi connectivity index (χ1) is 15.4. The number of sulfone groups is 1. The lowest BCUT2D eigenvalue weighted by molar-refractivity contribution is -0.115. The summed E-state index contributed by atoms with van der Waals surface area (Å²) in [6.07, 6.45) is -0.153. The molecular weight excluding hydrogens is 446 g/mol. The number of amides is 1. The quantitative estimate of drug-likeness (QED) is 0.539. The maximum atomic E-state index is 12.7. The zero-order valence-corrected chi connectivity index (χ0v) is 19.2. The van der Waals surface area contributed by atoms with E-state index in [1.165, 1.54) is 11.8 Å². The second kappa shape index (κ2) is 9.67. The summed E-state index contributed by atoms with van der Waals surface area (Å²) >= 11 is 1.48. The van der Waals surface area contributed by atoms with Gasteiger partial charge in [-0.2, -0.15) is 0 Å². The molecule has 3 aromatic carbocycles. The van der Waals surface area contributed by atoms with Gasteiger partial charge in [0.25, 0.3) is 0 Å². The number of nitrogens with one attached hydrogen (secondary N) is 1. The van der Waals surface area contributed by atoms with Crippen LogP contribution in [0.1, 0.15) is 12.0 Å². The molecule has 166 valence electrons. The highest BCUT2D eigenvalue weighted by atomic mass is 32.2. The minimum atomic E-state index is -3.55. The summed E-state index contributed by atoms with van der Waals surface area (Å²) in [5, 5.41) is 2.85. The van der Waals surface area contributed by atoms with Crippen molar-refractivity contribution >= 4 is 33.2 Å². The van der Waals surface area contributed by atoms with Gasteiger partial charge in [0, 0.05) is 28.3 Å². The van der Waals surface area contributed by atoms with E-state index in [4.69, 9.17) is 9.47 Å². The van der Waals surface area contributed by atoms with Gasteiger partial charge in [-0.3, -0.25) is 4.79 Å². The fourth-order valence-corrected chi connectivity index (χ4v) is 5.34. The Labute approximate surface area is 191 Å². The van der Waals surface area contributed by atoms with Crippen molar-refractivity contribution in [1.82, 2.24) is 0 Å². The second-order valence-corrected chi connectivity index (χ2v) is 10.6. The number of aryl methyl sites for hydroxylation is 1. The molecule has 4 rings (SSSR count). The zero-order chi connectivity index (χ0) is 22.6. The number of fused-ring (bicyclic) bond motifs is 1. The summed E-state index contributed by atoms with van der Waals surface area (Å²) in [5.74, 6) is 0.520. The van der Waals surface area contributed by atoms with Gasteiger partial charge in [-0.1, -0.05) is 47.7 Å². The molecule has 8 heteroatoms. The van der Waals surface area contributed by atoms with Crippen LogP contribution in [-0.2, 0) is 14.6 Å². The molecule has 1 heterocycles. The lowest BCUT2D eigenvalue weighted by Gasteiger charge is -2.21.